The molecule has 2 aromatic heterocycles. The number of hydrogen-bond acceptors (Lipinski definition) is 15. The van der Waals surface area contributed by atoms with E-state index in [1.54, 1.807) is 0 Å². The number of carbonyl (C=O) groups is 2. The molecule has 4 aliphatic rings. The molecule has 6 rings (SSSR count). The molecule has 1 amide bonds. The first-order chi connectivity index (χ1) is 27.3. The van der Waals surface area contributed by atoms with Crippen molar-refractivity contribution in [1.82, 2.24) is 34.9 Å². The summed E-state index contributed by atoms with van der Waals surface area (Å²) in [4.78, 5) is 72.2. The van der Waals surface area contributed by atoms with Crippen molar-refractivity contribution in [3.05, 3.63) is 44.1 Å². The van der Waals surface area contributed by atoms with Crippen LogP contribution in [0.15, 0.2) is 47.0 Å². The largest absolute Gasteiger partial charge is 1.00 e. The Hall–Kier alpha value is -3.95. The number of esters is 1. The summed E-state index contributed by atoms with van der Waals surface area (Å²) in [5.41, 5.74) is 0.283. The van der Waals surface area contributed by atoms with E-state index in [0.29, 0.717) is 24.0 Å². The van der Waals surface area contributed by atoms with Gasteiger partial charge in [-0.1, -0.05) is 38.0 Å². The number of amides is 1. The molecule has 0 aromatic carbocycles. The van der Waals surface area contributed by atoms with Gasteiger partial charge < -0.3 is 45.5 Å². The molecule has 4 aliphatic heterocycles. The molecule has 0 bridgehead atoms. The summed E-state index contributed by atoms with van der Waals surface area (Å²) < 4.78 is 21.3. The number of piperazine rings is 2. The van der Waals surface area contributed by atoms with Crippen LogP contribution in [-0.4, -0.2) is 147 Å². The second-order valence-electron chi connectivity index (χ2n) is 13.9. The van der Waals surface area contributed by atoms with Crippen molar-refractivity contribution in [3.63, 3.8) is 0 Å². The van der Waals surface area contributed by atoms with Crippen LogP contribution < -0.4 is 50.9 Å². The number of aliphatic imine (C=N–C) groups is 1. The average Bonchev–Trinajstić information content (AvgIpc) is 3.18. The number of aryl methyl sites for hydroxylation is 1. The van der Waals surface area contributed by atoms with Crippen LogP contribution in [-0.2, 0) is 31.5 Å². The molecule has 2 aromatic rings. The van der Waals surface area contributed by atoms with Crippen LogP contribution in [0.1, 0.15) is 66.8 Å². The molecule has 19 nitrogen and oxygen atoms in total. The molecule has 3 unspecified atom stereocenters. The number of nitrogens with one attached hydrogen (secondary N) is 2. The summed E-state index contributed by atoms with van der Waals surface area (Å²) in [5.74, 6) is 0.233. The smallest absolute Gasteiger partial charge is 1.00 e. The Kier molecular flexibility index (Phi) is 19.7. The minimum Gasteiger partial charge on any atom is -1.00 e. The van der Waals surface area contributed by atoms with Crippen molar-refractivity contribution in [2.24, 2.45) is 21.2 Å². The van der Waals surface area contributed by atoms with E-state index >= 15 is 0 Å². The number of amidine groups is 3. The van der Waals surface area contributed by atoms with Gasteiger partial charge in [0.25, 0.3) is 5.56 Å². The molecule has 3 atom stereocenters. The molecular formula is C37H57N10NaO9S. The summed E-state index contributed by atoms with van der Waals surface area (Å²) in [7, 11) is 2.80. The van der Waals surface area contributed by atoms with Gasteiger partial charge in [0.1, 0.15) is 23.0 Å². The van der Waals surface area contributed by atoms with Crippen molar-refractivity contribution in [2.45, 2.75) is 72.4 Å². The van der Waals surface area contributed by atoms with Gasteiger partial charge in [-0.2, -0.15) is 4.98 Å². The fourth-order valence-electron chi connectivity index (χ4n) is 6.50. The van der Waals surface area contributed by atoms with E-state index in [0.717, 1.165) is 89.7 Å². The molecule has 6 heterocycles. The number of hydrogen-bond donors (Lipinski definition) is 3. The molecule has 0 spiro atoms. The summed E-state index contributed by atoms with van der Waals surface area (Å²) >= 11 is 0. The van der Waals surface area contributed by atoms with Crippen LogP contribution in [0.5, 0.6) is 6.01 Å². The van der Waals surface area contributed by atoms with Crippen LogP contribution in [0, 0.1) is 5.92 Å². The summed E-state index contributed by atoms with van der Waals surface area (Å²) in [6.07, 6.45) is 6.53. The zero-order valence-electron chi connectivity index (χ0n) is 35.9. The maximum Gasteiger partial charge on any atom is 1.00 e. The molecule has 0 saturated carbocycles. The standard InChI is InChI=1S/C18H25N5O4.C10H12N2O4S.C9H19N3O.Na.H/c1-4-6-13(23-9-7-22(3)8-10-23)21-27-18-19-16(25)15-12(5-2)11-14(24)26-17(15)20-18;1-3-5-4-6(13)16-9-7(5)8(14)11-10(12-9)17(2)15;1-3-4-9(10-13)12-7-5-11(2)6-8-12;;/h11H,4-10H2,1-3H3,(H,19,20,25);4,7,9H,3H2,1-2H3,(H,11,12,14);13H,3-8H2,1-2H3;;/q;;;+1;-1/b21-13+;;10-9-;;. The molecule has 2 saturated heterocycles. The number of ether oxygens (including phenoxy) is 1. The van der Waals surface area contributed by atoms with Gasteiger partial charge in [-0.15, -0.1) is 0 Å². The van der Waals surface area contributed by atoms with Gasteiger partial charge in [0.2, 0.25) is 17.8 Å². The number of oxime groups is 2. The van der Waals surface area contributed by atoms with Gasteiger partial charge >= 0.3 is 47.2 Å². The predicted molar refractivity (Wildman–Crippen MR) is 218 cm³/mol. The first-order valence-electron chi connectivity index (χ1n) is 19.3. The molecule has 2 fully saturated rings. The first kappa shape index (κ1) is 48.4. The normalized spacial score (nSPS) is 20.8. The quantitative estimate of drug-likeness (QED) is 0.0710. The van der Waals surface area contributed by atoms with Crippen LogP contribution >= 0.6 is 0 Å². The van der Waals surface area contributed by atoms with E-state index in [-0.39, 0.29) is 59.2 Å². The molecule has 3 N–H and O–H groups in total. The van der Waals surface area contributed by atoms with Gasteiger partial charge in [0.15, 0.2) is 5.17 Å². The molecule has 0 aliphatic carbocycles. The molecule has 21 heteroatoms. The number of aromatic amines is 1. The SMILES string of the molecule is CCC/C(=N/O)N1CCN(C)CC1.CCC/C(=N\Oc1nc2oc(=O)cc(CC)c2c(=O)[nH]1)N1CCN(C)CC1.CCC1=CC(=O)OC2N=C(S(C)=O)NC(=O)C12.[H-].[Na+]. The third-order valence-electron chi connectivity index (χ3n) is 9.75. The Morgan fingerprint density at radius 1 is 0.948 bits per heavy atom. The maximum absolute atomic E-state index is 12.4. The number of fused-ring (bicyclic) bond motifs is 2. The van der Waals surface area contributed by atoms with Crippen molar-refractivity contribution >= 4 is 50.6 Å². The van der Waals surface area contributed by atoms with E-state index in [4.69, 9.17) is 19.2 Å². The average molecular weight is 841 g/mol. The van der Waals surface area contributed by atoms with Crippen molar-refractivity contribution < 1.29 is 64.0 Å². The fourth-order valence-corrected chi connectivity index (χ4v) is 7.00. The van der Waals surface area contributed by atoms with Crippen molar-refractivity contribution in [3.8, 4) is 6.01 Å². The van der Waals surface area contributed by atoms with Crippen molar-refractivity contribution in [2.75, 3.05) is 72.7 Å². The Bertz CT molecular complexity index is 1990. The van der Waals surface area contributed by atoms with Gasteiger partial charge in [-0.05, 0) is 50.9 Å². The minimum atomic E-state index is -1.40. The third-order valence-corrected chi connectivity index (χ3v) is 10.5. The second-order valence-corrected chi connectivity index (χ2v) is 15.2. The molecule has 316 valence electrons. The van der Waals surface area contributed by atoms with Crippen LogP contribution in [0.3, 0.4) is 0 Å². The van der Waals surface area contributed by atoms with E-state index in [1.165, 1.54) is 18.4 Å². The van der Waals surface area contributed by atoms with Crippen molar-refractivity contribution in [1.29, 1.82) is 0 Å². The fraction of sp³-hybridized carbons (Fsp3) is 0.622. The molecular weight excluding hydrogens is 784 g/mol. The van der Waals surface area contributed by atoms with Crippen LogP contribution in [0.2, 0.25) is 0 Å². The predicted octanol–water partition coefficient (Wildman–Crippen LogP) is -1.20. The second kappa shape index (κ2) is 23.6. The van der Waals surface area contributed by atoms with E-state index in [1.807, 2.05) is 13.8 Å². The number of likely N-dealkylation sites (N-methyl/N-ethyl adjacent to an activating group) is 2. The van der Waals surface area contributed by atoms with E-state index < -0.39 is 40.1 Å². The number of aromatic nitrogens is 2. The van der Waals surface area contributed by atoms with Gasteiger partial charge in [-0.3, -0.25) is 18.8 Å². The molecule has 0 radical (unpaired) electrons. The topological polar surface area (TPSA) is 228 Å². The van der Waals surface area contributed by atoms with Gasteiger partial charge in [0.05, 0.1) is 10.8 Å². The summed E-state index contributed by atoms with van der Waals surface area (Å²) in [5, 5.41) is 19.2. The number of nitrogens with zero attached hydrogens (tertiary/aromatic N) is 8. The maximum atomic E-state index is 12.4. The third kappa shape index (κ3) is 13.3. The zero-order valence-corrected chi connectivity index (χ0v) is 37.7. The Labute approximate surface area is 364 Å². The van der Waals surface area contributed by atoms with Gasteiger partial charge in [-0.25, -0.2) is 14.6 Å². The Balaban J connectivity index is 0.000000323. The number of H-pyrrole nitrogens is 1. The number of rotatable bonds is 8. The van der Waals surface area contributed by atoms with Crippen LogP contribution in [0.4, 0.5) is 0 Å². The van der Waals surface area contributed by atoms with Gasteiger partial charge in [0, 0.05) is 83.6 Å². The minimum absolute atomic E-state index is 0. The first-order valence-corrected chi connectivity index (χ1v) is 20.9. The van der Waals surface area contributed by atoms with E-state index in [2.05, 4.69) is 78.1 Å². The summed E-state index contributed by atoms with van der Waals surface area (Å²) in [6, 6.07) is 1.22. The summed E-state index contributed by atoms with van der Waals surface area (Å²) in [6.45, 7) is 15.6. The number of carbonyl (C=O) groups excluding carboxylic acids is 2. The monoisotopic (exact) mass is 840 g/mol. The van der Waals surface area contributed by atoms with Crippen LogP contribution in [0.25, 0.3) is 11.1 Å². The Morgan fingerprint density at radius 2 is 1.53 bits per heavy atom. The molecule has 58 heavy (non-hydrogen) atoms. The zero-order chi connectivity index (χ0) is 41.6. The Morgan fingerprint density at radius 3 is 2.07 bits per heavy atom. The van der Waals surface area contributed by atoms with E-state index in [9.17, 15) is 23.4 Å².